The van der Waals surface area contributed by atoms with Gasteiger partial charge in [-0.2, -0.15) is 13.2 Å². The van der Waals surface area contributed by atoms with Crippen molar-refractivity contribution < 1.29 is 18.0 Å². The number of urea groups is 1. The molecule has 0 aliphatic carbocycles. The summed E-state index contributed by atoms with van der Waals surface area (Å²) in [6.07, 6.45) is 0.186. The van der Waals surface area contributed by atoms with Gasteiger partial charge in [-0.05, 0) is 20.3 Å². The second-order valence-electron chi connectivity index (χ2n) is 6.13. The maximum atomic E-state index is 12.5. The van der Waals surface area contributed by atoms with Gasteiger partial charge in [0.15, 0.2) is 0 Å². The van der Waals surface area contributed by atoms with E-state index in [9.17, 15) is 18.0 Å². The van der Waals surface area contributed by atoms with Gasteiger partial charge in [-0.25, -0.2) is 9.78 Å². The minimum atomic E-state index is -4.20. The number of hydrogen-bond donors (Lipinski definition) is 1. The lowest BCUT2D eigenvalue weighted by Crippen LogP contribution is -2.57. The van der Waals surface area contributed by atoms with Crippen LogP contribution in [0.4, 0.5) is 18.0 Å². The number of rotatable bonds is 5. The third-order valence-electron chi connectivity index (χ3n) is 4.21. The second-order valence-corrected chi connectivity index (χ2v) is 6.13. The molecule has 2 heterocycles. The van der Waals surface area contributed by atoms with Crippen LogP contribution in [0.3, 0.4) is 0 Å². The summed E-state index contributed by atoms with van der Waals surface area (Å²) in [6, 6.07) is -0.518. The average Bonchev–Trinajstić information content (AvgIpc) is 2.89. The number of carbonyl (C=O) groups excluding carboxylic acids is 1. The largest absolute Gasteiger partial charge is 0.401 e. The van der Waals surface area contributed by atoms with E-state index in [2.05, 4.69) is 10.3 Å². The van der Waals surface area contributed by atoms with Crippen molar-refractivity contribution in [2.45, 2.75) is 39.0 Å². The van der Waals surface area contributed by atoms with E-state index in [1.165, 1.54) is 4.90 Å². The number of imidazole rings is 1. The van der Waals surface area contributed by atoms with Crippen molar-refractivity contribution in [3.05, 3.63) is 18.2 Å². The van der Waals surface area contributed by atoms with Crippen LogP contribution in [0.5, 0.6) is 0 Å². The quantitative estimate of drug-likeness (QED) is 0.828. The molecule has 1 saturated heterocycles. The van der Waals surface area contributed by atoms with E-state index in [4.69, 9.17) is 0 Å². The van der Waals surface area contributed by atoms with Gasteiger partial charge in [-0.3, -0.25) is 4.90 Å². The molecular formula is C15H24F3N5O. The lowest BCUT2D eigenvalue weighted by atomic mass is 10.2. The van der Waals surface area contributed by atoms with E-state index in [1.54, 1.807) is 18.0 Å². The molecule has 0 radical (unpaired) electrons. The molecule has 1 aromatic heterocycles. The molecule has 2 rings (SSSR count). The number of aromatic nitrogens is 2. The summed E-state index contributed by atoms with van der Waals surface area (Å²) in [5.41, 5.74) is 0. The summed E-state index contributed by atoms with van der Waals surface area (Å²) < 4.78 is 39.4. The van der Waals surface area contributed by atoms with Crippen molar-refractivity contribution in [1.29, 1.82) is 0 Å². The molecule has 24 heavy (non-hydrogen) atoms. The first-order valence-electron chi connectivity index (χ1n) is 8.07. The highest BCUT2D eigenvalue weighted by molar-refractivity contribution is 5.74. The number of hydrogen-bond acceptors (Lipinski definition) is 3. The zero-order valence-electron chi connectivity index (χ0n) is 14.0. The number of carbonyl (C=O) groups is 1. The summed E-state index contributed by atoms with van der Waals surface area (Å²) in [5, 5.41) is 2.83. The molecule has 0 aromatic carbocycles. The van der Waals surface area contributed by atoms with E-state index < -0.39 is 12.7 Å². The standard InChI is InChI=1S/C15H24F3N5O/c1-12-10-22(8-9-23(12)11-15(16,17)18)14(24)20-4-3-6-21-7-5-19-13(21)2/h5,7,12H,3-4,6,8-11H2,1-2H3,(H,20,24)/t12-/m1/s1. The van der Waals surface area contributed by atoms with Gasteiger partial charge in [0.25, 0.3) is 0 Å². The zero-order chi connectivity index (χ0) is 17.7. The Kier molecular flexibility index (Phi) is 6.09. The maximum absolute atomic E-state index is 12.5. The van der Waals surface area contributed by atoms with Crippen LogP contribution < -0.4 is 5.32 Å². The monoisotopic (exact) mass is 347 g/mol. The number of nitrogens with zero attached hydrogens (tertiary/aromatic N) is 4. The number of alkyl halides is 3. The van der Waals surface area contributed by atoms with Crippen LogP contribution in [0.2, 0.25) is 0 Å². The van der Waals surface area contributed by atoms with E-state index in [0.29, 0.717) is 19.6 Å². The first kappa shape index (κ1) is 18.6. The maximum Gasteiger partial charge on any atom is 0.401 e. The topological polar surface area (TPSA) is 53.4 Å². The molecule has 136 valence electrons. The van der Waals surface area contributed by atoms with E-state index >= 15 is 0 Å². The van der Waals surface area contributed by atoms with Crippen molar-refractivity contribution in [1.82, 2.24) is 24.7 Å². The Morgan fingerprint density at radius 2 is 2.17 bits per heavy atom. The van der Waals surface area contributed by atoms with Crippen molar-refractivity contribution in [2.75, 3.05) is 32.7 Å². The first-order valence-corrected chi connectivity index (χ1v) is 8.07. The normalized spacial score (nSPS) is 19.5. The molecule has 0 spiro atoms. The highest BCUT2D eigenvalue weighted by Gasteiger charge is 2.35. The first-order chi connectivity index (χ1) is 11.3. The summed E-state index contributed by atoms with van der Waals surface area (Å²) in [4.78, 5) is 19.2. The van der Waals surface area contributed by atoms with Crippen LogP contribution >= 0.6 is 0 Å². The summed E-state index contributed by atoms with van der Waals surface area (Å²) in [5.74, 6) is 0.927. The highest BCUT2D eigenvalue weighted by atomic mass is 19.4. The van der Waals surface area contributed by atoms with Crippen LogP contribution in [0.25, 0.3) is 0 Å². The fraction of sp³-hybridized carbons (Fsp3) is 0.733. The third kappa shape index (κ3) is 5.40. The smallest absolute Gasteiger partial charge is 0.338 e. The zero-order valence-corrected chi connectivity index (χ0v) is 14.0. The average molecular weight is 347 g/mol. The molecule has 0 bridgehead atoms. The Morgan fingerprint density at radius 1 is 1.42 bits per heavy atom. The highest BCUT2D eigenvalue weighted by Crippen LogP contribution is 2.20. The van der Waals surface area contributed by atoms with Gasteiger partial charge in [-0.15, -0.1) is 0 Å². The molecule has 1 atom stereocenters. The molecule has 1 aromatic rings. The van der Waals surface area contributed by atoms with Gasteiger partial charge in [0.2, 0.25) is 0 Å². The SMILES string of the molecule is Cc1nccn1CCCNC(=O)N1CCN(CC(F)(F)F)[C@H](C)C1. The molecular weight excluding hydrogens is 323 g/mol. The van der Waals surface area contributed by atoms with Crippen LogP contribution in [-0.4, -0.2) is 70.3 Å². The Labute approximate surface area is 139 Å². The third-order valence-corrected chi connectivity index (χ3v) is 4.21. The molecule has 9 heteroatoms. The van der Waals surface area contributed by atoms with E-state index in [0.717, 1.165) is 18.8 Å². The Bertz CT molecular complexity index is 545. The molecule has 0 saturated carbocycles. The fourth-order valence-electron chi connectivity index (χ4n) is 2.84. The molecule has 1 fully saturated rings. The number of halogens is 3. The van der Waals surface area contributed by atoms with E-state index in [1.807, 2.05) is 17.7 Å². The van der Waals surface area contributed by atoms with Crippen molar-refractivity contribution in [2.24, 2.45) is 0 Å². The minimum Gasteiger partial charge on any atom is -0.338 e. The molecule has 0 unspecified atom stereocenters. The van der Waals surface area contributed by atoms with Crippen LogP contribution in [0, 0.1) is 6.92 Å². The predicted molar refractivity (Wildman–Crippen MR) is 83.6 cm³/mol. The Balaban J connectivity index is 1.69. The van der Waals surface area contributed by atoms with Crippen molar-refractivity contribution >= 4 is 6.03 Å². The van der Waals surface area contributed by atoms with Crippen molar-refractivity contribution in [3.8, 4) is 0 Å². The number of piperazine rings is 1. The van der Waals surface area contributed by atoms with Crippen LogP contribution in [-0.2, 0) is 6.54 Å². The van der Waals surface area contributed by atoms with Gasteiger partial charge in [0.05, 0.1) is 6.54 Å². The molecule has 2 amide bonds. The van der Waals surface area contributed by atoms with Crippen molar-refractivity contribution in [3.63, 3.8) is 0 Å². The van der Waals surface area contributed by atoms with E-state index in [-0.39, 0.29) is 18.6 Å². The molecule has 6 nitrogen and oxygen atoms in total. The Morgan fingerprint density at radius 3 is 2.75 bits per heavy atom. The minimum absolute atomic E-state index is 0.212. The summed E-state index contributed by atoms with van der Waals surface area (Å²) in [7, 11) is 0. The Hall–Kier alpha value is -1.77. The van der Waals surface area contributed by atoms with Crippen LogP contribution in [0.15, 0.2) is 12.4 Å². The second kappa shape index (κ2) is 7.87. The summed E-state index contributed by atoms with van der Waals surface area (Å²) >= 11 is 0. The molecule has 1 aliphatic rings. The number of aryl methyl sites for hydroxylation is 2. The van der Waals surface area contributed by atoms with Gasteiger partial charge < -0.3 is 14.8 Å². The lowest BCUT2D eigenvalue weighted by molar-refractivity contribution is -0.153. The molecule has 1 N–H and O–H groups in total. The van der Waals surface area contributed by atoms with Gasteiger partial charge in [0.1, 0.15) is 5.82 Å². The van der Waals surface area contributed by atoms with Crippen LogP contribution in [0.1, 0.15) is 19.2 Å². The predicted octanol–water partition coefficient (Wildman–Crippen LogP) is 1.86. The number of nitrogens with one attached hydrogen (secondary N) is 1. The number of amides is 2. The summed E-state index contributed by atoms with van der Waals surface area (Å²) in [6.45, 7) is 4.86. The lowest BCUT2D eigenvalue weighted by Gasteiger charge is -2.39. The van der Waals surface area contributed by atoms with Gasteiger partial charge in [0, 0.05) is 51.2 Å². The van der Waals surface area contributed by atoms with Gasteiger partial charge >= 0.3 is 12.2 Å². The van der Waals surface area contributed by atoms with Gasteiger partial charge in [-0.1, -0.05) is 0 Å². The molecule has 1 aliphatic heterocycles. The fourth-order valence-corrected chi connectivity index (χ4v) is 2.84.